The van der Waals surface area contributed by atoms with E-state index in [1.54, 1.807) is 30.4 Å². The highest BCUT2D eigenvalue weighted by atomic mass is 32.2. The van der Waals surface area contributed by atoms with Gasteiger partial charge in [-0.2, -0.15) is 0 Å². The lowest BCUT2D eigenvalue weighted by Crippen LogP contribution is -2.51. The summed E-state index contributed by atoms with van der Waals surface area (Å²) in [6, 6.07) is 0.308. The first-order chi connectivity index (χ1) is 12.5. The molecule has 10 heteroatoms. The lowest BCUT2D eigenvalue weighted by Gasteiger charge is -2.24. The Morgan fingerprint density at radius 3 is 2.77 bits per heavy atom. The minimum absolute atomic E-state index is 0.0927. The quantitative estimate of drug-likeness (QED) is 0.529. The average molecular weight is 403 g/mol. The standard InChI is InChI=1S/C16H26N4O4S2/c1-3-24-16(23)20-12(21)9-6-8(2)25-14(9)19-13(22)15-18-10-7-17-5-4-11(10)26-15/h8-11,14-15,17-18H,3-7H2,1-2H3,(H,19,22)(H,20,21,23). The maximum atomic E-state index is 12.7. The van der Waals surface area contributed by atoms with Gasteiger partial charge in [0, 0.05) is 23.1 Å². The Morgan fingerprint density at radius 1 is 1.23 bits per heavy atom. The van der Waals surface area contributed by atoms with Crippen molar-refractivity contribution in [1.82, 2.24) is 21.3 Å². The molecular formula is C16H26N4O4S2. The molecule has 3 amide bonds. The summed E-state index contributed by atoms with van der Waals surface area (Å²) in [6.45, 7) is 5.76. The van der Waals surface area contributed by atoms with E-state index >= 15 is 0 Å². The highest BCUT2D eigenvalue weighted by molar-refractivity contribution is 8.01. The Morgan fingerprint density at radius 2 is 2.04 bits per heavy atom. The normalized spacial score (nSPS) is 36.2. The van der Waals surface area contributed by atoms with E-state index in [2.05, 4.69) is 21.3 Å². The van der Waals surface area contributed by atoms with Crippen molar-refractivity contribution < 1.29 is 19.1 Å². The van der Waals surface area contributed by atoms with Crippen LogP contribution in [0.3, 0.4) is 0 Å². The maximum absolute atomic E-state index is 12.7. The van der Waals surface area contributed by atoms with Crippen molar-refractivity contribution in [2.45, 2.75) is 54.0 Å². The summed E-state index contributed by atoms with van der Waals surface area (Å²) in [5.41, 5.74) is 0. The molecule has 26 heavy (non-hydrogen) atoms. The first-order valence-electron chi connectivity index (χ1n) is 9.03. The van der Waals surface area contributed by atoms with Gasteiger partial charge in [-0.05, 0) is 26.3 Å². The smallest absolute Gasteiger partial charge is 0.413 e. The molecule has 3 aliphatic heterocycles. The van der Waals surface area contributed by atoms with E-state index in [4.69, 9.17) is 4.74 Å². The number of hydrogen-bond donors (Lipinski definition) is 4. The Labute approximate surface area is 161 Å². The number of hydrogen-bond acceptors (Lipinski definition) is 8. The minimum atomic E-state index is -0.739. The van der Waals surface area contributed by atoms with E-state index < -0.39 is 17.9 Å². The molecule has 0 aliphatic carbocycles. The van der Waals surface area contributed by atoms with Crippen LogP contribution < -0.4 is 21.3 Å². The molecule has 146 valence electrons. The molecule has 3 rings (SSSR count). The molecule has 4 N–H and O–H groups in total. The van der Waals surface area contributed by atoms with Gasteiger partial charge < -0.3 is 15.4 Å². The second kappa shape index (κ2) is 8.81. The van der Waals surface area contributed by atoms with Gasteiger partial charge in [0.25, 0.3) is 0 Å². The summed E-state index contributed by atoms with van der Waals surface area (Å²) in [4.78, 5) is 36.6. The molecule has 0 saturated carbocycles. The topological polar surface area (TPSA) is 109 Å². The molecular weight excluding hydrogens is 376 g/mol. The molecule has 6 atom stereocenters. The van der Waals surface area contributed by atoms with Crippen LogP contribution in [-0.4, -0.2) is 64.9 Å². The number of thioether (sulfide) groups is 2. The zero-order valence-electron chi connectivity index (χ0n) is 14.9. The zero-order chi connectivity index (χ0) is 18.7. The van der Waals surface area contributed by atoms with Crippen LogP contribution in [0.2, 0.25) is 0 Å². The van der Waals surface area contributed by atoms with Crippen LogP contribution >= 0.6 is 23.5 Å². The summed E-state index contributed by atoms with van der Waals surface area (Å²) in [6.07, 6.45) is 0.921. The van der Waals surface area contributed by atoms with Crippen LogP contribution in [0.4, 0.5) is 4.79 Å². The van der Waals surface area contributed by atoms with Gasteiger partial charge >= 0.3 is 6.09 Å². The van der Waals surface area contributed by atoms with Crippen molar-refractivity contribution >= 4 is 41.4 Å². The SMILES string of the molecule is CCOC(=O)NC(=O)C1CC(C)SC1NC(=O)C1NC2CNCCC2S1. The molecule has 8 nitrogen and oxygen atoms in total. The maximum Gasteiger partial charge on any atom is 0.413 e. The number of nitrogens with one attached hydrogen (secondary N) is 4. The third-order valence-electron chi connectivity index (χ3n) is 4.79. The van der Waals surface area contributed by atoms with Crippen LogP contribution in [0, 0.1) is 5.92 Å². The molecule has 0 aromatic heterocycles. The van der Waals surface area contributed by atoms with Crippen molar-refractivity contribution in [2.75, 3.05) is 19.7 Å². The third kappa shape index (κ3) is 4.65. The second-order valence-corrected chi connectivity index (χ2v) is 9.68. The van der Waals surface area contributed by atoms with Crippen molar-refractivity contribution in [3.8, 4) is 0 Å². The third-order valence-corrected chi connectivity index (χ3v) is 7.72. The summed E-state index contributed by atoms with van der Waals surface area (Å²) in [5.74, 6) is -0.931. The lowest BCUT2D eigenvalue weighted by molar-refractivity contribution is -0.125. The fourth-order valence-electron chi connectivity index (χ4n) is 3.55. The molecule has 0 bridgehead atoms. The molecule has 3 fully saturated rings. The Kier molecular flexibility index (Phi) is 6.70. The molecule has 3 saturated heterocycles. The predicted molar refractivity (Wildman–Crippen MR) is 102 cm³/mol. The number of alkyl carbamates (subject to hydrolysis) is 1. The van der Waals surface area contributed by atoms with Gasteiger partial charge in [0.2, 0.25) is 11.8 Å². The fourth-order valence-corrected chi connectivity index (χ4v) is 6.39. The number of ether oxygens (including phenoxy) is 1. The van der Waals surface area contributed by atoms with Gasteiger partial charge in [-0.15, -0.1) is 23.5 Å². The van der Waals surface area contributed by atoms with Gasteiger partial charge in [0.15, 0.2) is 0 Å². The average Bonchev–Trinajstić information content (AvgIpc) is 3.18. The largest absolute Gasteiger partial charge is 0.450 e. The second-order valence-electron chi connectivity index (χ2n) is 6.75. The molecule has 6 unspecified atom stereocenters. The van der Waals surface area contributed by atoms with Crippen molar-refractivity contribution in [3.05, 3.63) is 0 Å². The fraction of sp³-hybridized carbons (Fsp3) is 0.812. The van der Waals surface area contributed by atoms with E-state index in [1.807, 2.05) is 6.92 Å². The van der Waals surface area contributed by atoms with Crippen molar-refractivity contribution in [2.24, 2.45) is 5.92 Å². The molecule has 3 heterocycles. The number of fused-ring (bicyclic) bond motifs is 1. The number of imide groups is 1. The van der Waals surface area contributed by atoms with Crippen molar-refractivity contribution in [3.63, 3.8) is 0 Å². The Balaban J connectivity index is 1.55. The summed E-state index contributed by atoms with van der Waals surface area (Å²) < 4.78 is 4.77. The van der Waals surface area contributed by atoms with E-state index in [0.717, 1.165) is 19.5 Å². The van der Waals surface area contributed by atoms with Crippen LogP contribution in [-0.2, 0) is 14.3 Å². The summed E-state index contributed by atoms with van der Waals surface area (Å²) in [7, 11) is 0. The highest BCUT2D eigenvalue weighted by Crippen LogP contribution is 2.38. The van der Waals surface area contributed by atoms with Gasteiger partial charge in [-0.25, -0.2) is 4.79 Å². The Bertz CT molecular complexity index is 550. The molecule has 0 aromatic carbocycles. The van der Waals surface area contributed by atoms with Gasteiger partial charge in [0.05, 0.1) is 17.9 Å². The van der Waals surface area contributed by atoms with E-state index in [9.17, 15) is 14.4 Å². The summed E-state index contributed by atoms with van der Waals surface area (Å²) in [5, 5.41) is 12.0. The van der Waals surface area contributed by atoms with Crippen LogP contribution in [0.15, 0.2) is 0 Å². The number of carbonyl (C=O) groups excluding carboxylic acids is 3. The first kappa shape index (κ1) is 19.8. The summed E-state index contributed by atoms with van der Waals surface area (Å²) >= 11 is 3.23. The number of rotatable bonds is 4. The molecule has 0 radical (unpaired) electrons. The Hall–Kier alpha value is -0.970. The number of carbonyl (C=O) groups is 3. The van der Waals surface area contributed by atoms with Gasteiger partial charge in [-0.3, -0.25) is 20.2 Å². The number of amides is 3. The van der Waals surface area contributed by atoms with E-state index in [-0.39, 0.29) is 28.5 Å². The number of piperidine rings is 1. The van der Waals surface area contributed by atoms with Gasteiger partial charge in [-0.1, -0.05) is 6.92 Å². The van der Waals surface area contributed by atoms with Crippen LogP contribution in [0.25, 0.3) is 0 Å². The van der Waals surface area contributed by atoms with Crippen LogP contribution in [0.1, 0.15) is 26.7 Å². The minimum Gasteiger partial charge on any atom is -0.450 e. The van der Waals surface area contributed by atoms with E-state index in [0.29, 0.717) is 17.7 Å². The molecule has 0 spiro atoms. The predicted octanol–water partition coefficient (Wildman–Crippen LogP) is 0.236. The molecule has 0 aromatic rings. The highest BCUT2D eigenvalue weighted by Gasteiger charge is 2.43. The van der Waals surface area contributed by atoms with Gasteiger partial charge in [0.1, 0.15) is 5.37 Å². The molecule has 3 aliphatic rings. The zero-order valence-corrected chi connectivity index (χ0v) is 16.6. The van der Waals surface area contributed by atoms with Crippen molar-refractivity contribution in [1.29, 1.82) is 0 Å². The first-order valence-corrected chi connectivity index (χ1v) is 10.9. The lowest BCUT2D eigenvalue weighted by atomic mass is 10.0. The van der Waals surface area contributed by atoms with Crippen LogP contribution in [0.5, 0.6) is 0 Å². The van der Waals surface area contributed by atoms with E-state index in [1.165, 1.54) is 0 Å². The monoisotopic (exact) mass is 402 g/mol.